The summed E-state index contributed by atoms with van der Waals surface area (Å²) in [4.78, 5) is 16.1. The van der Waals surface area contributed by atoms with E-state index in [1.807, 2.05) is 6.92 Å². The number of guanidine groups is 1. The molecule has 0 heterocycles. The first kappa shape index (κ1) is 22.5. The van der Waals surface area contributed by atoms with Crippen molar-refractivity contribution in [3.05, 3.63) is 0 Å². The molecule has 1 spiro atoms. The average Bonchev–Trinajstić information content (AvgIpc) is 3.39. The van der Waals surface area contributed by atoms with Gasteiger partial charge in [0.1, 0.15) is 0 Å². The molecule has 156 valence electrons. The molecule has 0 radical (unpaired) electrons. The first-order valence-corrected chi connectivity index (χ1v) is 10.1. The van der Waals surface area contributed by atoms with E-state index >= 15 is 0 Å². The Morgan fingerprint density at radius 2 is 2.00 bits per heavy atom. The van der Waals surface area contributed by atoms with Gasteiger partial charge in [-0.05, 0) is 51.9 Å². The monoisotopic (exact) mass is 494 g/mol. The van der Waals surface area contributed by atoms with E-state index in [9.17, 15) is 4.79 Å². The maximum atomic E-state index is 11.7. The lowest BCUT2D eigenvalue weighted by Gasteiger charge is -2.61. The van der Waals surface area contributed by atoms with Gasteiger partial charge in [0.05, 0.1) is 18.8 Å². The van der Waals surface area contributed by atoms with E-state index in [1.54, 1.807) is 7.05 Å². The molecule has 3 rings (SSSR count). The molecule has 3 N–H and O–H groups in total. The Hall–Kier alpha value is -0.770. The van der Waals surface area contributed by atoms with Crippen LogP contribution in [0.5, 0.6) is 0 Å². The summed E-state index contributed by atoms with van der Waals surface area (Å²) in [6.45, 7) is 5.74. The van der Waals surface area contributed by atoms with Crippen molar-refractivity contribution in [2.45, 2.75) is 70.6 Å². The second kappa shape index (κ2) is 10.1. The number of amides is 1. The van der Waals surface area contributed by atoms with Crippen LogP contribution >= 0.6 is 24.0 Å². The van der Waals surface area contributed by atoms with Gasteiger partial charge in [-0.15, -0.1) is 24.0 Å². The zero-order chi connectivity index (χ0) is 18.6. The quantitative estimate of drug-likeness (QED) is 0.275. The van der Waals surface area contributed by atoms with Gasteiger partial charge in [0.25, 0.3) is 0 Å². The van der Waals surface area contributed by atoms with Gasteiger partial charge in [0.2, 0.25) is 0 Å². The molecule has 0 saturated heterocycles. The molecule has 8 heteroatoms. The Morgan fingerprint density at radius 3 is 2.52 bits per heavy atom. The van der Waals surface area contributed by atoms with Crippen LogP contribution < -0.4 is 16.0 Å². The Kier molecular flexibility index (Phi) is 8.45. The minimum Gasteiger partial charge on any atom is -0.450 e. The zero-order valence-corrected chi connectivity index (χ0v) is 19.1. The predicted octanol–water partition coefficient (Wildman–Crippen LogP) is 2.64. The van der Waals surface area contributed by atoms with E-state index in [1.165, 1.54) is 19.3 Å². The third-order valence-electron chi connectivity index (χ3n) is 6.23. The van der Waals surface area contributed by atoms with Crippen LogP contribution in [0.2, 0.25) is 0 Å². The van der Waals surface area contributed by atoms with E-state index in [0.717, 1.165) is 31.8 Å². The Labute approximate surface area is 179 Å². The van der Waals surface area contributed by atoms with E-state index < -0.39 is 0 Å². The van der Waals surface area contributed by atoms with E-state index in [2.05, 4.69) is 27.9 Å². The second-order valence-corrected chi connectivity index (χ2v) is 7.73. The van der Waals surface area contributed by atoms with Crippen molar-refractivity contribution in [1.82, 2.24) is 16.0 Å². The number of carbonyl (C=O) groups excluding carboxylic acids is 1. The number of alkyl carbamates (subject to hydrolysis) is 1. The van der Waals surface area contributed by atoms with Gasteiger partial charge in [0, 0.05) is 31.7 Å². The normalized spacial score (nSPS) is 26.9. The summed E-state index contributed by atoms with van der Waals surface area (Å²) in [7, 11) is 1.80. The van der Waals surface area contributed by atoms with Gasteiger partial charge < -0.3 is 25.4 Å². The molecule has 0 aromatic carbocycles. The van der Waals surface area contributed by atoms with Crippen LogP contribution in [0.15, 0.2) is 4.99 Å². The van der Waals surface area contributed by atoms with Crippen molar-refractivity contribution >= 4 is 36.0 Å². The fraction of sp³-hybridized carbons (Fsp3) is 0.895. The van der Waals surface area contributed by atoms with Gasteiger partial charge in [-0.25, -0.2) is 4.79 Å². The highest BCUT2D eigenvalue weighted by molar-refractivity contribution is 14.0. The minimum atomic E-state index is -0.332. The van der Waals surface area contributed by atoms with Gasteiger partial charge in [0.15, 0.2) is 5.96 Å². The fourth-order valence-electron chi connectivity index (χ4n) is 4.37. The van der Waals surface area contributed by atoms with Crippen molar-refractivity contribution < 1.29 is 14.3 Å². The highest BCUT2D eigenvalue weighted by Crippen LogP contribution is 2.57. The highest BCUT2D eigenvalue weighted by atomic mass is 127. The summed E-state index contributed by atoms with van der Waals surface area (Å²) in [6.07, 6.45) is 7.19. The molecular weight excluding hydrogens is 459 g/mol. The maximum absolute atomic E-state index is 11.7. The third-order valence-corrected chi connectivity index (χ3v) is 6.23. The average molecular weight is 494 g/mol. The number of carbonyl (C=O) groups is 1. The number of aliphatic imine (C=N–C) groups is 1. The lowest BCUT2D eigenvalue weighted by atomic mass is 9.51. The number of nitrogens with one attached hydrogen (secondary N) is 3. The van der Waals surface area contributed by atoms with Crippen LogP contribution in [0.3, 0.4) is 0 Å². The number of nitrogens with zero attached hydrogens (tertiary/aromatic N) is 1. The molecular formula is C19H35IN4O3. The van der Waals surface area contributed by atoms with Gasteiger partial charge in [-0.1, -0.05) is 6.42 Å². The number of rotatable bonds is 8. The number of ether oxygens (including phenoxy) is 2. The molecule has 0 aromatic rings. The molecule has 0 bridgehead atoms. The topological polar surface area (TPSA) is 84.0 Å². The summed E-state index contributed by atoms with van der Waals surface area (Å²) in [5.74, 6) is 1.35. The molecule has 0 aromatic heterocycles. The summed E-state index contributed by atoms with van der Waals surface area (Å²) in [5.41, 5.74) is 0.298. The SMILES string of the molecule is CCOC(=O)NC(CNC(=NC)NC1CC(OCC)C12CCC2)C1CC1.I. The Balaban J connectivity index is 0.00000261. The molecule has 0 aliphatic heterocycles. The molecule has 3 atom stereocenters. The van der Waals surface area contributed by atoms with E-state index in [0.29, 0.717) is 36.6 Å². The molecule has 3 aliphatic rings. The van der Waals surface area contributed by atoms with Crippen LogP contribution in [0.25, 0.3) is 0 Å². The highest BCUT2D eigenvalue weighted by Gasteiger charge is 2.59. The van der Waals surface area contributed by atoms with Crippen molar-refractivity contribution in [2.24, 2.45) is 16.3 Å². The van der Waals surface area contributed by atoms with Crippen molar-refractivity contribution in [1.29, 1.82) is 0 Å². The maximum Gasteiger partial charge on any atom is 0.407 e. The van der Waals surface area contributed by atoms with Gasteiger partial charge in [-0.2, -0.15) is 0 Å². The largest absolute Gasteiger partial charge is 0.450 e. The first-order chi connectivity index (χ1) is 12.6. The smallest absolute Gasteiger partial charge is 0.407 e. The number of hydrogen-bond acceptors (Lipinski definition) is 4. The van der Waals surface area contributed by atoms with Crippen molar-refractivity contribution in [3.8, 4) is 0 Å². The summed E-state index contributed by atoms with van der Waals surface area (Å²) < 4.78 is 10.9. The van der Waals surface area contributed by atoms with Gasteiger partial charge in [-0.3, -0.25) is 4.99 Å². The summed E-state index contributed by atoms with van der Waals surface area (Å²) in [6, 6.07) is 0.513. The molecule has 3 saturated carbocycles. The van der Waals surface area contributed by atoms with Crippen LogP contribution in [-0.2, 0) is 9.47 Å². The van der Waals surface area contributed by atoms with Crippen LogP contribution in [0.4, 0.5) is 4.79 Å². The van der Waals surface area contributed by atoms with Crippen LogP contribution in [0.1, 0.15) is 52.4 Å². The number of halogens is 1. The van der Waals surface area contributed by atoms with E-state index in [-0.39, 0.29) is 36.1 Å². The molecule has 3 unspecified atom stereocenters. The van der Waals surface area contributed by atoms with Crippen LogP contribution in [-0.4, -0.2) is 57.0 Å². The Bertz CT molecular complexity index is 523. The molecule has 7 nitrogen and oxygen atoms in total. The predicted molar refractivity (Wildman–Crippen MR) is 117 cm³/mol. The molecule has 27 heavy (non-hydrogen) atoms. The summed E-state index contributed by atoms with van der Waals surface area (Å²) in [5, 5.41) is 9.97. The van der Waals surface area contributed by atoms with E-state index in [4.69, 9.17) is 9.47 Å². The fourth-order valence-corrected chi connectivity index (χ4v) is 4.37. The summed E-state index contributed by atoms with van der Waals surface area (Å²) >= 11 is 0. The second-order valence-electron chi connectivity index (χ2n) is 7.73. The number of hydrogen-bond donors (Lipinski definition) is 3. The molecule has 3 aliphatic carbocycles. The van der Waals surface area contributed by atoms with Crippen molar-refractivity contribution in [2.75, 3.05) is 26.8 Å². The third kappa shape index (κ3) is 5.19. The Morgan fingerprint density at radius 1 is 1.26 bits per heavy atom. The van der Waals surface area contributed by atoms with Crippen molar-refractivity contribution in [3.63, 3.8) is 0 Å². The molecule has 1 amide bonds. The van der Waals surface area contributed by atoms with Gasteiger partial charge >= 0.3 is 6.09 Å². The lowest BCUT2D eigenvalue weighted by molar-refractivity contribution is -0.168. The van der Waals surface area contributed by atoms with Crippen LogP contribution in [0, 0.1) is 11.3 Å². The lowest BCUT2D eigenvalue weighted by Crippen LogP contribution is -2.68. The first-order valence-electron chi connectivity index (χ1n) is 10.1. The zero-order valence-electron chi connectivity index (χ0n) is 16.8. The molecule has 3 fully saturated rings. The minimum absolute atomic E-state index is 0. The standard InChI is InChI=1S/C19H34N4O3.HI/c1-4-25-16-11-15(19(16)9-6-10-19)23-17(20-3)21-12-14(13-7-8-13)22-18(24)26-5-2;/h13-16H,4-12H2,1-3H3,(H,22,24)(H2,20,21,23);1H.